The molecule has 2 saturated carbocycles. The molecular weight excluding hydrogens is 350 g/mol. The summed E-state index contributed by atoms with van der Waals surface area (Å²) in [7, 11) is 1.90. The molecule has 0 atom stereocenters. The van der Waals surface area contributed by atoms with Gasteiger partial charge in [-0.15, -0.1) is 0 Å². The minimum atomic E-state index is 0.0735. The Morgan fingerprint density at radius 3 is 2.21 bits per heavy atom. The van der Waals surface area contributed by atoms with E-state index in [9.17, 15) is 9.59 Å². The Morgan fingerprint density at radius 1 is 0.964 bits per heavy atom. The molecule has 2 aliphatic rings. The molecule has 154 valence electrons. The Balaban J connectivity index is 1.39. The van der Waals surface area contributed by atoms with E-state index in [1.54, 1.807) is 12.4 Å². The molecule has 1 aromatic rings. The van der Waals surface area contributed by atoms with Gasteiger partial charge in [0.25, 0.3) is 0 Å². The summed E-state index contributed by atoms with van der Waals surface area (Å²) < 4.78 is 0. The maximum absolute atomic E-state index is 12.8. The Bertz CT molecular complexity index is 618. The summed E-state index contributed by atoms with van der Waals surface area (Å²) in [6.45, 7) is 0.727. The fourth-order valence-corrected chi connectivity index (χ4v) is 4.61. The van der Waals surface area contributed by atoms with E-state index in [0.29, 0.717) is 6.04 Å². The van der Waals surface area contributed by atoms with Crippen molar-refractivity contribution < 1.29 is 9.59 Å². The summed E-state index contributed by atoms with van der Waals surface area (Å²) in [4.78, 5) is 31.3. The van der Waals surface area contributed by atoms with Crippen LogP contribution in [-0.2, 0) is 16.0 Å². The number of nitrogens with one attached hydrogen (secondary N) is 1. The molecule has 1 N–H and O–H groups in total. The number of nitrogens with zero attached hydrogens (tertiary/aromatic N) is 2. The number of rotatable bonds is 6. The third kappa shape index (κ3) is 6.05. The van der Waals surface area contributed by atoms with Crippen molar-refractivity contribution in [3.63, 3.8) is 0 Å². The van der Waals surface area contributed by atoms with Crippen LogP contribution in [-0.4, -0.2) is 41.3 Å². The third-order valence-electron chi connectivity index (χ3n) is 6.51. The van der Waals surface area contributed by atoms with Crippen molar-refractivity contribution in [1.82, 2.24) is 15.2 Å². The lowest BCUT2D eigenvalue weighted by Crippen LogP contribution is -2.41. The molecular formula is C23H35N3O2. The zero-order chi connectivity index (χ0) is 19.8. The van der Waals surface area contributed by atoms with Crippen molar-refractivity contribution >= 4 is 11.8 Å². The van der Waals surface area contributed by atoms with Gasteiger partial charge in [-0.2, -0.15) is 0 Å². The van der Waals surface area contributed by atoms with E-state index in [0.717, 1.165) is 51.5 Å². The molecule has 0 aliphatic heterocycles. The number of hydrogen-bond acceptors (Lipinski definition) is 3. The first-order valence-corrected chi connectivity index (χ1v) is 11.1. The van der Waals surface area contributed by atoms with E-state index < -0.39 is 0 Å². The van der Waals surface area contributed by atoms with Crippen molar-refractivity contribution in [2.75, 3.05) is 13.6 Å². The molecule has 2 aliphatic carbocycles. The highest BCUT2D eigenvalue weighted by Gasteiger charge is 2.32. The van der Waals surface area contributed by atoms with Gasteiger partial charge in [-0.25, -0.2) is 0 Å². The Morgan fingerprint density at radius 2 is 1.57 bits per heavy atom. The van der Waals surface area contributed by atoms with Crippen LogP contribution in [0, 0.1) is 11.8 Å². The summed E-state index contributed by atoms with van der Waals surface area (Å²) in [6.07, 6.45) is 15.1. The van der Waals surface area contributed by atoms with Crippen molar-refractivity contribution in [2.24, 2.45) is 11.8 Å². The molecule has 0 radical (unpaired) electrons. The largest absolute Gasteiger partial charge is 0.353 e. The van der Waals surface area contributed by atoms with Crippen LogP contribution in [0.4, 0.5) is 0 Å². The molecule has 5 nitrogen and oxygen atoms in total. The van der Waals surface area contributed by atoms with Gasteiger partial charge < -0.3 is 10.2 Å². The van der Waals surface area contributed by atoms with E-state index in [2.05, 4.69) is 10.3 Å². The SMILES string of the molecule is CN(CCc1ccncc1)C(=O)C1CCC(C(=O)NC2CCCCCC2)CC1. The molecule has 2 amide bonds. The molecule has 28 heavy (non-hydrogen) atoms. The third-order valence-corrected chi connectivity index (χ3v) is 6.51. The van der Waals surface area contributed by atoms with Crippen LogP contribution in [0.25, 0.3) is 0 Å². The molecule has 2 fully saturated rings. The minimum absolute atomic E-state index is 0.0735. The van der Waals surface area contributed by atoms with Gasteiger partial charge in [-0.05, 0) is 62.6 Å². The summed E-state index contributed by atoms with van der Waals surface area (Å²) in [5.74, 6) is 0.624. The second kappa shape index (κ2) is 10.6. The van der Waals surface area contributed by atoms with Crippen molar-refractivity contribution in [1.29, 1.82) is 0 Å². The maximum atomic E-state index is 12.8. The highest BCUT2D eigenvalue weighted by Crippen LogP contribution is 2.30. The molecule has 0 aromatic carbocycles. The van der Waals surface area contributed by atoms with Crippen LogP contribution < -0.4 is 5.32 Å². The second-order valence-corrected chi connectivity index (χ2v) is 8.61. The zero-order valence-corrected chi connectivity index (χ0v) is 17.2. The molecule has 0 spiro atoms. The van der Waals surface area contributed by atoms with Crippen molar-refractivity contribution in [3.8, 4) is 0 Å². The van der Waals surface area contributed by atoms with Gasteiger partial charge in [0, 0.05) is 43.9 Å². The van der Waals surface area contributed by atoms with Gasteiger partial charge in [0.15, 0.2) is 0 Å². The highest BCUT2D eigenvalue weighted by atomic mass is 16.2. The topological polar surface area (TPSA) is 62.3 Å². The fraction of sp³-hybridized carbons (Fsp3) is 0.696. The van der Waals surface area contributed by atoms with E-state index in [1.807, 2.05) is 24.1 Å². The van der Waals surface area contributed by atoms with Crippen LogP contribution >= 0.6 is 0 Å². The van der Waals surface area contributed by atoms with Crippen LogP contribution in [0.1, 0.15) is 69.8 Å². The quantitative estimate of drug-likeness (QED) is 0.759. The number of hydrogen-bond donors (Lipinski definition) is 1. The van der Waals surface area contributed by atoms with Gasteiger partial charge in [0.2, 0.25) is 11.8 Å². The standard InChI is InChI=1S/C23H35N3O2/c1-26(17-14-18-12-15-24-16-13-18)23(28)20-10-8-19(9-11-20)22(27)25-21-6-4-2-3-5-7-21/h12-13,15-16,19-21H,2-11,14,17H2,1H3,(H,25,27). The molecule has 3 rings (SSSR count). The first kappa shape index (κ1) is 20.8. The molecule has 0 unspecified atom stereocenters. The number of amides is 2. The van der Waals surface area contributed by atoms with Crippen molar-refractivity contribution in [3.05, 3.63) is 30.1 Å². The molecule has 5 heteroatoms. The van der Waals surface area contributed by atoms with E-state index in [1.165, 1.54) is 31.2 Å². The number of pyridine rings is 1. The van der Waals surface area contributed by atoms with Crippen LogP contribution in [0.5, 0.6) is 0 Å². The monoisotopic (exact) mass is 385 g/mol. The lowest BCUT2D eigenvalue weighted by atomic mass is 9.80. The Kier molecular flexibility index (Phi) is 7.87. The summed E-state index contributed by atoms with van der Waals surface area (Å²) >= 11 is 0. The van der Waals surface area contributed by atoms with E-state index in [4.69, 9.17) is 0 Å². The fourth-order valence-electron chi connectivity index (χ4n) is 4.61. The van der Waals surface area contributed by atoms with Gasteiger partial charge in [-0.1, -0.05) is 25.7 Å². The second-order valence-electron chi connectivity index (χ2n) is 8.61. The average molecular weight is 386 g/mol. The average Bonchev–Trinajstić information content (AvgIpc) is 3.01. The van der Waals surface area contributed by atoms with Gasteiger partial charge >= 0.3 is 0 Å². The highest BCUT2D eigenvalue weighted by molar-refractivity contribution is 5.81. The molecule has 0 saturated heterocycles. The van der Waals surface area contributed by atoms with E-state index in [-0.39, 0.29) is 23.7 Å². The summed E-state index contributed by atoms with van der Waals surface area (Å²) in [5.41, 5.74) is 1.20. The predicted molar refractivity (Wildman–Crippen MR) is 111 cm³/mol. The first-order chi connectivity index (χ1) is 13.6. The number of aromatic nitrogens is 1. The Labute approximate surface area is 169 Å². The van der Waals surface area contributed by atoms with Crippen LogP contribution in [0.15, 0.2) is 24.5 Å². The van der Waals surface area contributed by atoms with Crippen LogP contribution in [0.2, 0.25) is 0 Å². The van der Waals surface area contributed by atoms with E-state index >= 15 is 0 Å². The smallest absolute Gasteiger partial charge is 0.225 e. The number of likely N-dealkylation sites (N-methyl/N-ethyl adjacent to an activating group) is 1. The Hall–Kier alpha value is -1.91. The number of carbonyl (C=O) groups is 2. The van der Waals surface area contributed by atoms with Crippen LogP contribution in [0.3, 0.4) is 0 Å². The lowest BCUT2D eigenvalue weighted by Gasteiger charge is -2.31. The van der Waals surface area contributed by atoms with Gasteiger partial charge in [-0.3, -0.25) is 14.6 Å². The maximum Gasteiger partial charge on any atom is 0.225 e. The van der Waals surface area contributed by atoms with Gasteiger partial charge in [0.05, 0.1) is 0 Å². The minimum Gasteiger partial charge on any atom is -0.353 e. The summed E-state index contributed by atoms with van der Waals surface area (Å²) in [5, 5.41) is 3.29. The first-order valence-electron chi connectivity index (χ1n) is 11.1. The number of carbonyl (C=O) groups excluding carboxylic acids is 2. The molecule has 1 heterocycles. The predicted octanol–water partition coefficient (Wildman–Crippen LogP) is 3.73. The normalized spacial score (nSPS) is 23.6. The lowest BCUT2D eigenvalue weighted by molar-refractivity contribution is -0.137. The summed E-state index contributed by atoms with van der Waals surface area (Å²) in [6, 6.07) is 4.36. The zero-order valence-electron chi connectivity index (χ0n) is 17.2. The van der Waals surface area contributed by atoms with Gasteiger partial charge in [0.1, 0.15) is 0 Å². The molecule has 1 aromatic heterocycles. The van der Waals surface area contributed by atoms with Crippen molar-refractivity contribution in [2.45, 2.75) is 76.7 Å². The molecule has 0 bridgehead atoms.